The minimum atomic E-state index is 0.849. The van der Waals surface area contributed by atoms with Gasteiger partial charge in [-0.25, -0.2) is 0 Å². The molecule has 1 aliphatic heterocycles. The van der Waals surface area contributed by atoms with Gasteiger partial charge in [0.25, 0.3) is 0 Å². The van der Waals surface area contributed by atoms with Crippen molar-refractivity contribution in [2.45, 2.75) is 72.9 Å². The normalized spacial score (nSPS) is 26.1. The van der Waals surface area contributed by atoms with Crippen molar-refractivity contribution < 1.29 is 0 Å². The predicted octanol–water partition coefficient (Wildman–Crippen LogP) is 3.93. The lowest BCUT2D eigenvalue weighted by Gasteiger charge is -2.44. The minimum Gasteiger partial charge on any atom is -0.301 e. The smallest absolute Gasteiger partial charge is 0.0110 e. The first-order chi connectivity index (χ1) is 6.25. The van der Waals surface area contributed by atoms with Gasteiger partial charge < -0.3 is 4.90 Å². The molecule has 13 heavy (non-hydrogen) atoms. The first-order valence-electron chi connectivity index (χ1n) is 5.97. The van der Waals surface area contributed by atoms with E-state index < -0.39 is 0 Å². The van der Waals surface area contributed by atoms with Gasteiger partial charge in [0, 0.05) is 12.1 Å². The molecule has 0 radical (unpaired) electrons. The summed E-state index contributed by atoms with van der Waals surface area (Å²) in [5.41, 5.74) is 0. The summed E-state index contributed by atoms with van der Waals surface area (Å²) in [6, 6.07) is 1.76. The van der Waals surface area contributed by atoms with Crippen LogP contribution in [0.1, 0.15) is 60.8 Å². The van der Waals surface area contributed by atoms with Crippen LogP contribution in [0, 0.1) is 0 Å². The third-order valence-corrected chi connectivity index (χ3v) is 2.51. The topological polar surface area (TPSA) is 3.24 Å². The summed E-state index contributed by atoms with van der Waals surface area (Å²) in [7, 11) is 2.23. The minimum absolute atomic E-state index is 0.849. The highest BCUT2D eigenvalue weighted by atomic mass is 15.2. The molecule has 1 fully saturated rings. The molecule has 0 amide bonds. The van der Waals surface area contributed by atoms with Crippen LogP contribution in [0.2, 0.25) is 0 Å². The molecule has 2 atom stereocenters. The summed E-state index contributed by atoms with van der Waals surface area (Å²) in [5, 5.41) is 0. The van der Waals surface area contributed by atoms with E-state index in [0.29, 0.717) is 0 Å². The molecule has 1 saturated heterocycles. The second-order valence-corrected chi connectivity index (χ2v) is 3.19. The molecule has 0 aliphatic carbocycles. The fourth-order valence-corrected chi connectivity index (χ4v) is 1.60. The molecule has 1 heterocycles. The number of nitrogens with zero attached hydrogens (tertiary/aromatic N) is 1. The van der Waals surface area contributed by atoms with E-state index in [4.69, 9.17) is 0 Å². The largest absolute Gasteiger partial charge is 0.301 e. The van der Waals surface area contributed by atoms with Crippen molar-refractivity contribution in [3.63, 3.8) is 0 Å². The Balaban J connectivity index is 0. The first kappa shape index (κ1) is 15.4. The zero-order chi connectivity index (χ0) is 10.9. The molecule has 1 nitrogen and oxygen atoms in total. The summed E-state index contributed by atoms with van der Waals surface area (Å²) in [5.74, 6) is 0. The zero-order valence-electron chi connectivity index (χ0n) is 10.7. The van der Waals surface area contributed by atoms with E-state index in [-0.39, 0.29) is 0 Å². The number of hydrogen-bond donors (Lipinski definition) is 0. The zero-order valence-corrected chi connectivity index (χ0v) is 10.7. The van der Waals surface area contributed by atoms with Crippen LogP contribution < -0.4 is 0 Å². The number of hydrogen-bond acceptors (Lipinski definition) is 1. The van der Waals surface area contributed by atoms with Gasteiger partial charge in [0.15, 0.2) is 0 Å². The molecule has 1 aliphatic rings. The fraction of sp³-hybridized carbons (Fsp3) is 1.00. The monoisotopic (exact) mass is 187 g/mol. The summed E-state index contributed by atoms with van der Waals surface area (Å²) in [6.45, 7) is 12.6. The standard InChI is InChI=1S/C8H17N.2C2H6/c1-4-5-8-6-7(2)9(8)3;2*1-2/h7-8H,4-6H2,1-3H3;2*1-2H3. The molecule has 0 saturated carbocycles. The quantitative estimate of drug-likeness (QED) is 0.633. The second-order valence-electron chi connectivity index (χ2n) is 3.19. The highest BCUT2D eigenvalue weighted by molar-refractivity contribution is 4.86. The van der Waals surface area contributed by atoms with E-state index in [0.717, 1.165) is 12.1 Å². The highest BCUT2D eigenvalue weighted by Crippen LogP contribution is 2.25. The Morgan fingerprint density at radius 2 is 1.62 bits per heavy atom. The van der Waals surface area contributed by atoms with Crippen LogP contribution in [0.4, 0.5) is 0 Å². The van der Waals surface area contributed by atoms with E-state index >= 15 is 0 Å². The molecule has 0 aromatic carbocycles. The Hall–Kier alpha value is -0.0400. The summed E-state index contributed by atoms with van der Waals surface area (Å²) >= 11 is 0. The second kappa shape index (κ2) is 10.0. The van der Waals surface area contributed by atoms with Gasteiger partial charge in [0.05, 0.1) is 0 Å². The van der Waals surface area contributed by atoms with Gasteiger partial charge in [-0.05, 0) is 26.8 Å². The molecule has 0 aromatic heterocycles. The van der Waals surface area contributed by atoms with Gasteiger partial charge in [0.1, 0.15) is 0 Å². The van der Waals surface area contributed by atoms with Crippen LogP contribution in [-0.2, 0) is 0 Å². The van der Waals surface area contributed by atoms with E-state index in [2.05, 4.69) is 25.8 Å². The summed E-state index contributed by atoms with van der Waals surface area (Å²) < 4.78 is 0. The van der Waals surface area contributed by atoms with Crippen molar-refractivity contribution in [2.75, 3.05) is 7.05 Å². The van der Waals surface area contributed by atoms with Crippen LogP contribution in [0.25, 0.3) is 0 Å². The van der Waals surface area contributed by atoms with Gasteiger partial charge in [-0.3, -0.25) is 0 Å². The first-order valence-corrected chi connectivity index (χ1v) is 5.97. The van der Waals surface area contributed by atoms with Crippen molar-refractivity contribution in [1.29, 1.82) is 0 Å². The Labute approximate surface area is 85.5 Å². The Bertz CT molecular complexity index is 89.1. The Kier molecular flexibility index (Phi) is 11.9. The van der Waals surface area contributed by atoms with Gasteiger partial charge in [-0.15, -0.1) is 0 Å². The molecular weight excluding hydrogens is 158 g/mol. The average Bonchev–Trinajstić information content (AvgIpc) is 2.23. The lowest BCUT2D eigenvalue weighted by Crippen LogP contribution is -2.51. The number of rotatable bonds is 2. The van der Waals surface area contributed by atoms with Crippen LogP contribution in [0.3, 0.4) is 0 Å². The third-order valence-electron chi connectivity index (χ3n) is 2.51. The molecule has 0 N–H and O–H groups in total. The van der Waals surface area contributed by atoms with E-state index in [1.807, 2.05) is 27.7 Å². The lowest BCUT2D eigenvalue weighted by molar-refractivity contribution is 0.0501. The molecule has 1 heteroatoms. The van der Waals surface area contributed by atoms with E-state index in [1.54, 1.807) is 0 Å². The summed E-state index contributed by atoms with van der Waals surface area (Å²) in [4.78, 5) is 2.48. The average molecular weight is 187 g/mol. The van der Waals surface area contributed by atoms with Crippen molar-refractivity contribution in [3.8, 4) is 0 Å². The SMILES string of the molecule is CC.CC.CCCC1CC(C)N1C. The Morgan fingerprint density at radius 1 is 1.15 bits per heavy atom. The molecule has 0 aromatic rings. The maximum absolute atomic E-state index is 2.48. The molecular formula is C12H29N. The van der Waals surface area contributed by atoms with Gasteiger partial charge in [0.2, 0.25) is 0 Å². The van der Waals surface area contributed by atoms with E-state index in [1.165, 1.54) is 19.3 Å². The highest BCUT2D eigenvalue weighted by Gasteiger charge is 2.30. The lowest BCUT2D eigenvalue weighted by atomic mass is 9.92. The van der Waals surface area contributed by atoms with Crippen LogP contribution in [0.5, 0.6) is 0 Å². The van der Waals surface area contributed by atoms with Gasteiger partial charge in [-0.1, -0.05) is 41.0 Å². The van der Waals surface area contributed by atoms with Crippen LogP contribution in [-0.4, -0.2) is 24.0 Å². The molecule has 2 unspecified atom stereocenters. The van der Waals surface area contributed by atoms with Crippen molar-refractivity contribution in [2.24, 2.45) is 0 Å². The Morgan fingerprint density at radius 3 is 1.85 bits per heavy atom. The maximum Gasteiger partial charge on any atom is 0.0110 e. The molecule has 82 valence electrons. The van der Waals surface area contributed by atoms with E-state index in [9.17, 15) is 0 Å². The van der Waals surface area contributed by atoms with Crippen molar-refractivity contribution >= 4 is 0 Å². The van der Waals surface area contributed by atoms with Crippen LogP contribution >= 0.6 is 0 Å². The molecule has 0 bridgehead atoms. The van der Waals surface area contributed by atoms with Gasteiger partial charge >= 0.3 is 0 Å². The maximum atomic E-state index is 2.48. The van der Waals surface area contributed by atoms with Crippen molar-refractivity contribution in [1.82, 2.24) is 4.90 Å². The van der Waals surface area contributed by atoms with Crippen molar-refractivity contribution in [3.05, 3.63) is 0 Å². The third kappa shape index (κ3) is 5.30. The molecule has 0 spiro atoms. The fourth-order valence-electron chi connectivity index (χ4n) is 1.60. The van der Waals surface area contributed by atoms with Gasteiger partial charge in [-0.2, -0.15) is 0 Å². The molecule has 1 rings (SSSR count). The predicted molar refractivity (Wildman–Crippen MR) is 63.2 cm³/mol. The number of likely N-dealkylation sites (tertiary alicyclic amines) is 1. The summed E-state index contributed by atoms with van der Waals surface area (Å²) in [6.07, 6.45) is 4.15. The van der Waals surface area contributed by atoms with Crippen LogP contribution in [0.15, 0.2) is 0 Å².